The minimum Gasteiger partial charge on any atom is -0.321 e. The van der Waals surface area contributed by atoms with Crippen molar-refractivity contribution < 1.29 is 4.79 Å². The standard InChI is InChI=1S/C13H17ClN2O/c1-4-16(9-10(2)3)13(17)15-12-8-6-5-7-11(12)14/h5-8H,2,4,9H2,1,3H3,(H,15,17). The lowest BCUT2D eigenvalue weighted by molar-refractivity contribution is 0.218. The number of urea groups is 1. The summed E-state index contributed by atoms with van der Waals surface area (Å²) in [6, 6.07) is 7.00. The second kappa shape index (κ2) is 6.30. The molecule has 4 heteroatoms. The van der Waals surface area contributed by atoms with Gasteiger partial charge < -0.3 is 10.2 Å². The molecule has 0 aromatic heterocycles. The van der Waals surface area contributed by atoms with Gasteiger partial charge in [-0.1, -0.05) is 35.9 Å². The summed E-state index contributed by atoms with van der Waals surface area (Å²) in [6.45, 7) is 8.80. The van der Waals surface area contributed by atoms with Crippen LogP contribution in [0.1, 0.15) is 13.8 Å². The van der Waals surface area contributed by atoms with E-state index in [1.165, 1.54) is 0 Å². The Bertz CT molecular complexity index is 418. The van der Waals surface area contributed by atoms with Crippen LogP contribution < -0.4 is 5.32 Å². The Kier molecular flexibility index (Phi) is 5.04. The molecule has 1 aromatic carbocycles. The Morgan fingerprint density at radius 2 is 2.12 bits per heavy atom. The highest BCUT2D eigenvalue weighted by molar-refractivity contribution is 6.33. The molecule has 0 saturated carbocycles. The Balaban J connectivity index is 2.71. The van der Waals surface area contributed by atoms with Gasteiger partial charge >= 0.3 is 6.03 Å². The molecule has 92 valence electrons. The summed E-state index contributed by atoms with van der Waals surface area (Å²) < 4.78 is 0. The van der Waals surface area contributed by atoms with E-state index in [9.17, 15) is 4.79 Å². The Labute approximate surface area is 107 Å². The summed E-state index contributed by atoms with van der Waals surface area (Å²) in [4.78, 5) is 13.6. The smallest absolute Gasteiger partial charge is 0.321 e. The number of para-hydroxylation sites is 1. The van der Waals surface area contributed by atoms with Crippen LogP contribution in [0.4, 0.5) is 10.5 Å². The molecular weight excluding hydrogens is 236 g/mol. The second-order valence-corrected chi connectivity index (χ2v) is 4.29. The minimum atomic E-state index is -0.163. The summed E-state index contributed by atoms with van der Waals surface area (Å²) >= 11 is 5.97. The summed E-state index contributed by atoms with van der Waals surface area (Å²) in [7, 11) is 0. The molecule has 0 saturated heterocycles. The number of benzene rings is 1. The summed E-state index contributed by atoms with van der Waals surface area (Å²) in [5.41, 5.74) is 1.57. The molecule has 1 aromatic rings. The fourth-order valence-electron chi connectivity index (χ4n) is 1.41. The number of likely N-dealkylation sites (N-methyl/N-ethyl adjacent to an activating group) is 1. The fraction of sp³-hybridized carbons (Fsp3) is 0.308. The van der Waals surface area contributed by atoms with Crippen molar-refractivity contribution in [2.45, 2.75) is 13.8 Å². The molecule has 2 amide bonds. The molecule has 0 aliphatic heterocycles. The van der Waals surface area contributed by atoms with Gasteiger partial charge in [-0.05, 0) is 26.0 Å². The van der Waals surface area contributed by atoms with Crippen molar-refractivity contribution in [2.75, 3.05) is 18.4 Å². The maximum absolute atomic E-state index is 11.9. The van der Waals surface area contributed by atoms with Crippen LogP contribution in [-0.2, 0) is 0 Å². The first-order chi connectivity index (χ1) is 8.04. The number of amides is 2. The van der Waals surface area contributed by atoms with Crippen molar-refractivity contribution in [1.29, 1.82) is 0 Å². The fourth-order valence-corrected chi connectivity index (χ4v) is 1.59. The average Bonchev–Trinajstić information content (AvgIpc) is 2.28. The molecule has 0 heterocycles. The molecular formula is C13H17ClN2O. The second-order valence-electron chi connectivity index (χ2n) is 3.88. The lowest BCUT2D eigenvalue weighted by atomic mass is 10.3. The number of anilines is 1. The van der Waals surface area contributed by atoms with Crippen LogP contribution in [0.25, 0.3) is 0 Å². The third kappa shape index (κ3) is 4.11. The Morgan fingerprint density at radius 3 is 2.65 bits per heavy atom. The predicted molar refractivity (Wildman–Crippen MR) is 72.5 cm³/mol. The lowest BCUT2D eigenvalue weighted by Gasteiger charge is -2.21. The predicted octanol–water partition coefficient (Wildman–Crippen LogP) is 3.77. The van der Waals surface area contributed by atoms with Gasteiger partial charge in [0.15, 0.2) is 0 Å². The van der Waals surface area contributed by atoms with Gasteiger partial charge in [0.2, 0.25) is 0 Å². The molecule has 0 atom stereocenters. The van der Waals surface area contributed by atoms with Crippen LogP contribution in [0, 0.1) is 0 Å². The van der Waals surface area contributed by atoms with Crippen LogP contribution in [0.15, 0.2) is 36.4 Å². The highest BCUT2D eigenvalue weighted by Crippen LogP contribution is 2.20. The van der Waals surface area contributed by atoms with Crippen LogP contribution >= 0.6 is 11.6 Å². The first kappa shape index (κ1) is 13.6. The zero-order valence-corrected chi connectivity index (χ0v) is 10.9. The van der Waals surface area contributed by atoms with Crippen LogP contribution in [0.5, 0.6) is 0 Å². The summed E-state index contributed by atoms with van der Waals surface area (Å²) in [5.74, 6) is 0. The van der Waals surface area contributed by atoms with Crippen molar-refractivity contribution in [3.8, 4) is 0 Å². The zero-order chi connectivity index (χ0) is 12.8. The molecule has 0 fully saturated rings. The van der Waals surface area contributed by atoms with Crippen molar-refractivity contribution >= 4 is 23.3 Å². The molecule has 1 N–H and O–H groups in total. The Hall–Kier alpha value is -1.48. The molecule has 0 bridgehead atoms. The maximum atomic E-state index is 11.9. The number of carbonyl (C=O) groups is 1. The SMILES string of the molecule is C=C(C)CN(CC)C(=O)Nc1ccccc1Cl. The quantitative estimate of drug-likeness (QED) is 0.813. The highest BCUT2D eigenvalue weighted by Gasteiger charge is 2.12. The van der Waals surface area contributed by atoms with E-state index in [-0.39, 0.29) is 6.03 Å². The van der Waals surface area contributed by atoms with Gasteiger partial charge in [0, 0.05) is 13.1 Å². The van der Waals surface area contributed by atoms with Crippen molar-refractivity contribution in [3.63, 3.8) is 0 Å². The van der Waals surface area contributed by atoms with E-state index in [0.717, 1.165) is 5.57 Å². The normalized spacial score (nSPS) is 9.82. The van der Waals surface area contributed by atoms with Gasteiger partial charge in [-0.2, -0.15) is 0 Å². The van der Waals surface area contributed by atoms with Crippen LogP contribution in [0.3, 0.4) is 0 Å². The summed E-state index contributed by atoms with van der Waals surface area (Å²) in [6.07, 6.45) is 0. The average molecular weight is 253 g/mol. The number of nitrogens with zero attached hydrogens (tertiary/aromatic N) is 1. The van der Waals surface area contributed by atoms with E-state index in [0.29, 0.717) is 23.8 Å². The molecule has 17 heavy (non-hydrogen) atoms. The third-order valence-electron chi connectivity index (χ3n) is 2.25. The van der Waals surface area contributed by atoms with Gasteiger partial charge in [0.25, 0.3) is 0 Å². The van der Waals surface area contributed by atoms with E-state index >= 15 is 0 Å². The molecule has 0 unspecified atom stereocenters. The molecule has 0 spiro atoms. The van der Waals surface area contributed by atoms with E-state index in [2.05, 4.69) is 11.9 Å². The van der Waals surface area contributed by atoms with Gasteiger partial charge in [-0.15, -0.1) is 0 Å². The Morgan fingerprint density at radius 1 is 1.47 bits per heavy atom. The molecule has 0 aliphatic rings. The van der Waals surface area contributed by atoms with E-state index < -0.39 is 0 Å². The zero-order valence-electron chi connectivity index (χ0n) is 10.2. The van der Waals surface area contributed by atoms with Crippen LogP contribution in [0.2, 0.25) is 5.02 Å². The van der Waals surface area contributed by atoms with E-state index in [1.54, 1.807) is 17.0 Å². The third-order valence-corrected chi connectivity index (χ3v) is 2.57. The number of hydrogen-bond acceptors (Lipinski definition) is 1. The van der Waals surface area contributed by atoms with E-state index in [4.69, 9.17) is 11.6 Å². The first-order valence-electron chi connectivity index (χ1n) is 5.49. The maximum Gasteiger partial charge on any atom is 0.322 e. The number of rotatable bonds is 4. The summed E-state index contributed by atoms with van der Waals surface area (Å²) in [5, 5.41) is 3.31. The minimum absolute atomic E-state index is 0.163. The number of hydrogen-bond donors (Lipinski definition) is 1. The topological polar surface area (TPSA) is 32.3 Å². The number of halogens is 1. The van der Waals surface area contributed by atoms with Crippen molar-refractivity contribution in [2.24, 2.45) is 0 Å². The number of nitrogens with one attached hydrogen (secondary N) is 1. The number of carbonyl (C=O) groups excluding carboxylic acids is 1. The highest BCUT2D eigenvalue weighted by atomic mass is 35.5. The molecule has 1 rings (SSSR count). The largest absolute Gasteiger partial charge is 0.322 e. The first-order valence-corrected chi connectivity index (χ1v) is 5.87. The van der Waals surface area contributed by atoms with Gasteiger partial charge in [-0.25, -0.2) is 4.79 Å². The van der Waals surface area contributed by atoms with E-state index in [1.807, 2.05) is 26.0 Å². The van der Waals surface area contributed by atoms with Crippen LogP contribution in [-0.4, -0.2) is 24.0 Å². The lowest BCUT2D eigenvalue weighted by Crippen LogP contribution is -2.35. The molecule has 0 aliphatic carbocycles. The van der Waals surface area contributed by atoms with Gasteiger partial charge in [-0.3, -0.25) is 0 Å². The van der Waals surface area contributed by atoms with Crippen molar-refractivity contribution in [3.05, 3.63) is 41.4 Å². The van der Waals surface area contributed by atoms with Gasteiger partial charge in [0.1, 0.15) is 0 Å². The molecule has 0 radical (unpaired) electrons. The van der Waals surface area contributed by atoms with Gasteiger partial charge in [0.05, 0.1) is 10.7 Å². The molecule has 3 nitrogen and oxygen atoms in total. The monoisotopic (exact) mass is 252 g/mol. The van der Waals surface area contributed by atoms with Crippen molar-refractivity contribution in [1.82, 2.24) is 4.90 Å².